The van der Waals surface area contributed by atoms with Crippen LogP contribution in [0, 0.1) is 5.92 Å². The second kappa shape index (κ2) is 6.03. The number of rotatable bonds is 4. The van der Waals surface area contributed by atoms with Gasteiger partial charge in [0.05, 0.1) is 13.2 Å². The van der Waals surface area contributed by atoms with Gasteiger partial charge in [0.1, 0.15) is 0 Å². The molecular formula is C14H21NO2. The summed E-state index contributed by atoms with van der Waals surface area (Å²) >= 11 is 0. The Hall–Kier alpha value is -1.06. The van der Waals surface area contributed by atoms with Crippen LogP contribution in [0.15, 0.2) is 24.3 Å². The Balaban J connectivity index is 1.99. The third kappa shape index (κ3) is 3.45. The van der Waals surface area contributed by atoms with Gasteiger partial charge in [0, 0.05) is 25.4 Å². The van der Waals surface area contributed by atoms with Gasteiger partial charge < -0.3 is 14.8 Å². The first-order chi connectivity index (χ1) is 8.29. The monoisotopic (exact) mass is 235 g/mol. The zero-order chi connectivity index (χ0) is 12.1. The van der Waals surface area contributed by atoms with Crippen molar-refractivity contribution in [1.29, 1.82) is 0 Å². The molecule has 0 saturated carbocycles. The second-order valence-electron chi connectivity index (χ2n) is 4.73. The number of hydrogen-bond donors (Lipinski definition) is 1. The van der Waals surface area contributed by atoms with Crippen LogP contribution >= 0.6 is 0 Å². The van der Waals surface area contributed by atoms with Gasteiger partial charge in [-0.2, -0.15) is 0 Å². The van der Waals surface area contributed by atoms with Crippen molar-refractivity contribution in [3.8, 4) is 0 Å². The zero-order valence-corrected chi connectivity index (χ0v) is 10.6. The first-order valence-corrected chi connectivity index (χ1v) is 6.22. The summed E-state index contributed by atoms with van der Waals surface area (Å²) in [6.07, 6.45) is 1.08. The lowest BCUT2D eigenvalue weighted by Crippen LogP contribution is -2.35. The van der Waals surface area contributed by atoms with Crippen molar-refractivity contribution in [2.24, 2.45) is 5.92 Å². The quantitative estimate of drug-likeness (QED) is 0.870. The number of anilines is 1. The van der Waals surface area contributed by atoms with Crippen LogP contribution in [0.3, 0.4) is 0 Å². The van der Waals surface area contributed by atoms with Crippen molar-refractivity contribution < 1.29 is 9.47 Å². The molecule has 94 valence electrons. The summed E-state index contributed by atoms with van der Waals surface area (Å²) in [4.78, 5) is 0. The smallest absolute Gasteiger partial charge is 0.0713 e. The summed E-state index contributed by atoms with van der Waals surface area (Å²) in [7, 11) is 1.72. The molecule has 1 aromatic rings. The fraction of sp³-hybridized carbons (Fsp3) is 0.571. The molecule has 1 saturated heterocycles. The molecule has 1 aliphatic rings. The Bertz CT molecular complexity index is 354. The maximum atomic E-state index is 5.45. The molecule has 0 radical (unpaired) electrons. The fourth-order valence-electron chi connectivity index (χ4n) is 2.23. The van der Waals surface area contributed by atoms with Crippen molar-refractivity contribution in [3.05, 3.63) is 29.8 Å². The Kier molecular flexibility index (Phi) is 4.40. The Labute approximate surface area is 103 Å². The predicted octanol–water partition coefficient (Wildman–Crippen LogP) is 2.67. The molecule has 1 aliphatic heterocycles. The first-order valence-electron chi connectivity index (χ1n) is 6.22. The largest absolute Gasteiger partial charge is 0.382 e. The molecule has 1 N–H and O–H groups in total. The molecule has 17 heavy (non-hydrogen) atoms. The highest BCUT2D eigenvalue weighted by Gasteiger charge is 2.21. The molecule has 0 spiro atoms. The molecule has 1 fully saturated rings. The van der Waals surface area contributed by atoms with Crippen LogP contribution in [-0.2, 0) is 16.1 Å². The third-order valence-corrected chi connectivity index (χ3v) is 3.23. The normalized spacial score (nSPS) is 24.6. The summed E-state index contributed by atoms with van der Waals surface area (Å²) in [5.74, 6) is 0.565. The Morgan fingerprint density at radius 2 is 2.35 bits per heavy atom. The molecule has 3 nitrogen and oxygen atoms in total. The van der Waals surface area contributed by atoms with E-state index in [-0.39, 0.29) is 0 Å². The van der Waals surface area contributed by atoms with Crippen LogP contribution in [0.1, 0.15) is 18.9 Å². The third-order valence-electron chi connectivity index (χ3n) is 3.23. The minimum Gasteiger partial charge on any atom is -0.382 e. The molecular weight excluding hydrogens is 214 g/mol. The van der Waals surface area contributed by atoms with E-state index in [1.807, 2.05) is 0 Å². The van der Waals surface area contributed by atoms with Gasteiger partial charge in [0.15, 0.2) is 0 Å². The van der Waals surface area contributed by atoms with Crippen LogP contribution in [-0.4, -0.2) is 26.4 Å². The van der Waals surface area contributed by atoms with E-state index in [1.54, 1.807) is 7.11 Å². The van der Waals surface area contributed by atoms with Crippen LogP contribution in [0.25, 0.3) is 0 Å². The van der Waals surface area contributed by atoms with Crippen LogP contribution in [0.5, 0.6) is 0 Å². The van der Waals surface area contributed by atoms with E-state index in [0.717, 1.165) is 19.6 Å². The fourth-order valence-corrected chi connectivity index (χ4v) is 2.23. The van der Waals surface area contributed by atoms with Crippen LogP contribution in [0.4, 0.5) is 5.69 Å². The van der Waals surface area contributed by atoms with Crippen LogP contribution in [0.2, 0.25) is 0 Å². The number of benzene rings is 1. The van der Waals surface area contributed by atoms with Gasteiger partial charge in [-0.3, -0.25) is 0 Å². The average Bonchev–Trinajstić information content (AvgIpc) is 2.33. The summed E-state index contributed by atoms with van der Waals surface area (Å²) in [6, 6.07) is 8.94. The molecule has 0 aromatic heterocycles. The molecule has 1 aromatic carbocycles. The van der Waals surface area contributed by atoms with Gasteiger partial charge in [0.25, 0.3) is 0 Å². The lowest BCUT2D eigenvalue weighted by molar-refractivity contribution is 0.0537. The highest BCUT2D eigenvalue weighted by Crippen LogP contribution is 2.20. The lowest BCUT2D eigenvalue weighted by Gasteiger charge is -2.30. The molecule has 2 rings (SSSR count). The van der Waals surface area contributed by atoms with Gasteiger partial charge in [0.2, 0.25) is 0 Å². The standard InChI is InChI=1S/C14H21NO2/c1-11-9-17-7-6-14(11)15-13-5-3-4-12(8-13)10-16-2/h3-5,8,11,14-15H,6-7,9-10H2,1-2H3. The molecule has 2 unspecified atom stereocenters. The van der Waals surface area contributed by atoms with E-state index < -0.39 is 0 Å². The van der Waals surface area contributed by atoms with Crippen molar-refractivity contribution >= 4 is 5.69 Å². The summed E-state index contributed by atoms with van der Waals surface area (Å²) in [6.45, 7) is 4.61. The van der Waals surface area contributed by atoms with Crippen molar-refractivity contribution in [3.63, 3.8) is 0 Å². The molecule has 3 heteroatoms. The van der Waals surface area contributed by atoms with E-state index in [0.29, 0.717) is 18.6 Å². The number of nitrogens with one attached hydrogen (secondary N) is 1. The van der Waals surface area contributed by atoms with Gasteiger partial charge in [-0.15, -0.1) is 0 Å². The van der Waals surface area contributed by atoms with Crippen molar-refractivity contribution in [1.82, 2.24) is 0 Å². The highest BCUT2D eigenvalue weighted by atomic mass is 16.5. The van der Waals surface area contributed by atoms with E-state index in [4.69, 9.17) is 9.47 Å². The Morgan fingerprint density at radius 1 is 1.47 bits per heavy atom. The van der Waals surface area contributed by atoms with Crippen LogP contribution < -0.4 is 5.32 Å². The van der Waals surface area contributed by atoms with E-state index in [9.17, 15) is 0 Å². The highest BCUT2D eigenvalue weighted by molar-refractivity contribution is 5.46. The lowest BCUT2D eigenvalue weighted by atomic mass is 9.97. The van der Waals surface area contributed by atoms with Gasteiger partial charge in [-0.05, 0) is 30.0 Å². The number of hydrogen-bond acceptors (Lipinski definition) is 3. The van der Waals surface area contributed by atoms with E-state index in [1.165, 1.54) is 11.3 Å². The molecule has 2 atom stereocenters. The van der Waals surface area contributed by atoms with Crippen molar-refractivity contribution in [2.75, 3.05) is 25.6 Å². The van der Waals surface area contributed by atoms with E-state index >= 15 is 0 Å². The molecule has 0 aliphatic carbocycles. The topological polar surface area (TPSA) is 30.5 Å². The minimum atomic E-state index is 0.515. The summed E-state index contributed by atoms with van der Waals surface area (Å²) in [5, 5.41) is 3.59. The van der Waals surface area contributed by atoms with Crippen molar-refractivity contribution in [2.45, 2.75) is 26.0 Å². The molecule has 1 heterocycles. The Morgan fingerprint density at radius 3 is 3.12 bits per heavy atom. The summed E-state index contributed by atoms with van der Waals surface area (Å²) in [5.41, 5.74) is 2.38. The van der Waals surface area contributed by atoms with Gasteiger partial charge in [-0.25, -0.2) is 0 Å². The average molecular weight is 235 g/mol. The van der Waals surface area contributed by atoms with Gasteiger partial charge >= 0.3 is 0 Å². The van der Waals surface area contributed by atoms with E-state index in [2.05, 4.69) is 36.5 Å². The SMILES string of the molecule is COCc1cccc(NC2CCOCC2C)c1. The van der Waals surface area contributed by atoms with Gasteiger partial charge in [-0.1, -0.05) is 19.1 Å². The predicted molar refractivity (Wildman–Crippen MR) is 69.2 cm³/mol. The summed E-state index contributed by atoms with van der Waals surface area (Å²) < 4.78 is 10.6. The maximum absolute atomic E-state index is 5.45. The maximum Gasteiger partial charge on any atom is 0.0713 e. The molecule has 0 amide bonds. The minimum absolute atomic E-state index is 0.515. The number of ether oxygens (including phenoxy) is 2. The number of methoxy groups -OCH3 is 1. The molecule has 0 bridgehead atoms. The second-order valence-corrected chi connectivity index (χ2v) is 4.73. The first kappa shape index (κ1) is 12.4. The zero-order valence-electron chi connectivity index (χ0n) is 10.6.